The molecule has 0 saturated heterocycles. The predicted molar refractivity (Wildman–Crippen MR) is 112 cm³/mol. The van der Waals surface area contributed by atoms with E-state index in [0.29, 0.717) is 22.5 Å². The van der Waals surface area contributed by atoms with E-state index in [4.69, 9.17) is 16.3 Å². The van der Waals surface area contributed by atoms with Crippen molar-refractivity contribution in [3.05, 3.63) is 60.0 Å². The van der Waals surface area contributed by atoms with Gasteiger partial charge in [0.05, 0.1) is 18.5 Å². The van der Waals surface area contributed by atoms with Crippen LogP contribution in [0, 0.1) is 0 Å². The van der Waals surface area contributed by atoms with Crippen molar-refractivity contribution in [3.8, 4) is 17.1 Å². The fourth-order valence-electron chi connectivity index (χ4n) is 2.93. The maximum atomic E-state index is 6.37. The summed E-state index contributed by atoms with van der Waals surface area (Å²) >= 11 is 6.37. The van der Waals surface area contributed by atoms with Gasteiger partial charge in [-0.3, -0.25) is 4.40 Å². The van der Waals surface area contributed by atoms with E-state index in [-0.39, 0.29) is 0 Å². The normalized spacial score (nSPS) is 10.9. The largest absolute Gasteiger partial charge is 0.494 e. The maximum absolute atomic E-state index is 6.37. The van der Waals surface area contributed by atoms with Gasteiger partial charge in [0.1, 0.15) is 17.1 Å². The molecule has 4 rings (SSSR count). The van der Waals surface area contributed by atoms with Gasteiger partial charge in [0, 0.05) is 38.2 Å². The van der Waals surface area contributed by atoms with Gasteiger partial charge in [-0.15, -0.1) is 0 Å². The Kier molecular flexibility index (Phi) is 4.75. The first-order valence-electron chi connectivity index (χ1n) is 8.65. The number of rotatable bonds is 5. The first-order chi connectivity index (χ1) is 13.6. The molecule has 0 bridgehead atoms. The minimum Gasteiger partial charge on any atom is -0.494 e. The van der Waals surface area contributed by atoms with Crippen LogP contribution in [0.2, 0.25) is 5.15 Å². The molecule has 0 aliphatic rings. The highest BCUT2D eigenvalue weighted by Crippen LogP contribution is 2.32. The molecule has 7 nitrogen and oxygen atoms in total. The van der Waals surface area contributed by atoms with Crippen molar-refractivity contribution in [3.63, 3.8) is 0 Å². The van der Waals surface area contributed by atoms with Crippen LogP contribution in [0.5, 0.6) is 5.75 Å². The Morgan fingerprint density at radius 3 is 2.75 bits per heavy atom. The Morgan fingerprint density at radius 1 is 1.11 bits per heavy atom. The van der Waals surface area contributed by atoms with Crippen LogP contribution in [0.4, 0.5) is 17.3 Å². The Bertz CT molecular complexity index is 1140. The highest BCUT2D eigenvalue weighted by molar-refractivity contribution is 6.32. The molecule has 1 aromatic carbocycles. The number of methoxy groups -OCH3 is 1. The van der Waals surface area contributed by atoms with Gasteiger partial charge in [-0.05, 0) is 30.3 Å². The summed E-state index contributed by atoms with van der Waals surface area (Å²) in [6.07, 6.45) is 3.59. The van der Waals surface area contributed by atoms with Crippen LogP contribution >= 0.6 is 11.6 Å². The molecule has 0 atom stereocenters. The first kappa shape index (κ1) is 18.1. The molecular weight excluding hydrogens is 376 g/mol. The standard InChI is InChI=1S/C20H19ClN6O/c1-26(2)13-7-8-14(16(12-13)28-3)23-20-22-10-9-15(24-20)18-19(21)25-17-6-4-5-11-27(17)18/h4-12H,1-3H3,(H,22,23,24). The molecule has 3 heterocycles. The molecule has 0 aliphatic heterocycles. The van der Waals surface area contributed by atoms with Crippen molar-refractivity contribution < 1.29 is 4.74 Å². The minimum absolute atomic E-state index is 0.392. The SMILES string of the molecule is COc1cc(N(C)C)ccc1Nc1nccc(-c2c(Cl)nc3ccccn23)n1. The van der Waals surface area contributed by atoms with Gasteiger partial charge in [0.2, 0.25) is 5.95 Å². The van der Waals surface area contributed by atoms with Crippen LogP contribution in [0.15, 0.2) is 54.9 Å². The maximum Gasteiger partial charge on any atom is 0.227 e. The second kappa shape index (κ2) is 7.36. The summed E-state index contributed by atoms with van der Waals surface area (Å²) < 4.78 is 7.41. The predicted octanol–water partition coefficient (Wildman–Crippen LogP) is 4.26. The van der Waals surface area contributed by atoms with Gasteiger partial charge in [0.25, 0.3) is 0 Å². The third-order valence-electron chi connectivity index (χ3n) is 4.33. The molecule has 8 heteroatoms. The third kappa shape index (κ3) is 3.32. The van der Waals surface area contributed by atoms with Gasteiger partial charge >= 0.3 is 0 Å². The van der Waals surface area contributed by atoms with E-state index < -0.39 is 0 Å². The summed E-state index contributed by atoms with van der Waals surface area (Å²) in [6.45, 7) is 0. The molecule has 0 amide bonds. The minimum atomic E-state index is 0.392. The molecule has 0 spiro atoms. The molecule has 0 fully saturated rings. The average molecular weight is 395 g/mol. The summed E-state index contributed by atoms with van der Waals surface area (Å²) in [7, 11) is 5.59. The Balaban J connectivity index is 1.71. The molecule has 0 unspecified atom stereocenters. The van der Waals surface area contributed by atoms with Crippen molar-refractivity contribution >= 4 is 34.6 Å². The number of halogens is 1. The molecular formula is C20H19ClN6O. The number of benzene rings is 1. The summed E-state index contributed by atoms with van der Waals surface area (Å²) in [5, 5.41) is 3.61. The summed E-state index contributed by atoms with van der Waals surface area (Å²) in [5.41, 5.74) is 3.96. The van der Waals surface area contributed by atoms with E-state index in [9.17, 15) is 0 Å². The molecule has 28 heavy (non-hydrogen) atoms. The monoisotopic (exact) mass is 394 g/mol. The van der Waals surface area contributed by atoms with E-state index in [1.807, 2.05) is 66.0 Å². The number of hydrogen-bond donors (Lipinski definition) is 1. The number of hydrogen-bond acceptors (Lipinski definition) is 6. The average Bonchev–Trinajstić information content (AvgIpc) is 3.04. The van der Waals surface area contributed by atoms with E-state index >= 15 is 0 Å². The van der Waals surface area contributed by atoms with E-state index in [1.165, 1.54) is 0 Å². The zero-order valence-electron chi connectivity index (χ0n) is 15.7. The van der Waals surface area contributed by atoms with Crippen LogP contribution in [-0.4, -0.2) is 40.6 Å². The second-order valence-corrected chi connectivity index (χ2v) is 6.71. The van der Waals surface area contributed by atoms with Crippen LogP contribution < -0.4 is 15.0 Å². The lowest BCUT2D eigenvalue weighted by Gasteiger charge is -2.16. The Labute approximate surface area is 167 Å². The number of anilines is 3. The molecule has 4 aromatic rings. The summed E-state index contributed by atoms with van der Waals surface area (Å²) in [5.74, 6) is 1.14. The van der Waals surface area contributed by atoms with Crippen molar-refractivity contribution in [2.45, 2.75) is 0 Å². The van der Waals surface area contributed by atoms with E-state index in [1.54, 1.807) is 19.4 Å². The quantitative estimate of drug-likeness (QED) is 0.545. The van der Waals surface area contributed by atoms with Crippen molar-refractivity contribution in [2.75, 3.05) is 31.4 Å². The molecule has 0 radical (unpaired) electrons. The highest BCUT2D eigenvalue weighted by atomic mass is 35.5. The van der Waals surface area contributed by atoms with Crippen LogP contribution in [0.1, 0.15) is 0 Å². The Morgan fingerprint density at radius 2 is 1.96 bits per heavy atom. The second-order valence-electron chi connectivity index (χ2n) is 6.35. The number of fused-ring (bicyclic) bond motifs is 1. The molecule has 0 saturated carbocycles. The number of imidazole rings is 1. The highest BCUT2D eigenvalue weighted by Gasteiger charge is 2.15. The number of aromatic nitrogens is 4. The smallest absolute Gasteiger partial charge is 0.227 e. The van der Waals surface area contributed by atoms with Crippen molar-refractivity contribution in [1.29, 1.82) is 0 Å². The van der Waals surface area contributed by atoms with Crippen LogP contribution in [-0.2, 0) is 0 Å². The molecule has 0 aliphatic carbocycles. The lowest BCUT2D eigenvalue weighted by atomic mass is 10.2. The van der Waals surface area contributed by atoms with E-state index in [0.717, 1.165) is 22.7 Å². The number of nitrogens with one attached hydrogen (secondary N) is 1. The van der Waals surface area contributed by atoms with Gasteiger partial charge in [-0.1, -0.05) is 17.7 Å². The van der Waals surface area contributed by atoms with Gasteiger partial charge in [-0.2, -0.15) is 0 Å². The molecule has 1 N–H and O–H groups in total. The zero-order chi connectivity index (χ0) is 19.7. The summed E-state index contributed by atoms with van der Waals surface area (Å²) in [6, 6.07) is 13.4. The van der Waals surface area contributed by atoms with Crippen molar-refractivity contribution in [1.82, 2.24) is 19.4 Å². The fraction of sp³-hybridized carbons (Fsp3) is 0.150. The Hall–Kier alpha value is -3.32. The molecule has 142 valence electrons. The lowest BCUT2D eigenvalue weighted by molar-refractivity contribution is 0.417. The fourth-order valence-corrected chi connectivity index (χ4v) is 3.20. The topological polar surface area (TPSA) is 67.6 Å². The summed E-state index contributed by atoms with van der Waals surface area (Å²) in [4.78, 5) is 15.3. The van der Waals surface area contributed by atoms with Crippen LogP contribution in [0.25, 0.3) is 17.0 Å². The third-order valence-corrected chi connectivity index (χ3v) is 4.60. The lowest BCUT2D eigenvalue weighted by Crippen LogP contribution is -2.09. The molecule has 3 aromatic heterocycles. The first-order valence-corrected chi connectivity index (χ1v) is 9.03. The number of nitrogens with zero attached hydrogens (tertiary/aromatic N) is 5. The van der Waals surface area contributed by atoms with Gasteiger partial charge in [-0.25, -0.2) is 15.0 Å². The van der Waals surface area contributed by atoms with Gasteiger partial charge in [0.15, 0.2) is 5.15 Å². The van der Waals surface area contributed by atoms with E-state index in [2.05, 4.69) is 20.3 Å². The van der Waals surface area contributed by atoms with Crippen molar-refractivity contribution in [2.24, 2.45) is 0 Å². The van der Waals surface area contributed by atoms with Crippen LogP contribution in [0.3, 0.4) is 0 Å². The number of pyridine rings is 1. The zero-order valence-corrected chi connectivity index (χ0v) is 16.5. The van der Waals surface area contributed by atoms with Gasteiger partial charge < -0.3 is 15.0 Å². The number of ether oxygens (including phenoxy) is 1.